The molecule has 170 valence electrons. The second-order valence-electron chi connectivity index (χ2n) is 7.60. The lowest BCUT2D eigenvalue weighted by Crippen LogP contribution is -2.37. The highest BCUT2D eigenvalue weighted by molar-refractivity contribution is 5.97. The van der Waals surface area contributed by atoms with Crippen LogP contribution in [0.1, 0.15) is 19.3 Å². The lowest BCUT2D eigenvalue weighted by molar-refractivity contribution is -0.135. The quantitative estimate of drug-likeness (QED) is 0.438. The van der Waals surface area contributed by atoms with Crippen molar-refractivity contribution < 1.29 is 14.6 Å². The normalized spacial score (nSPS) is 13.3. The van der Waals surface area contributed by atoms with Crippen LogP contribution in [0.25, 0.3) is 22.3 Å². The number of H-pyrrole nitrogens is 1. The smallest absolute Gasteiger partial charge is 0.248 e. The van der Waals surface area contributed by atoms with Crippen molar-refractivity contribution in [2.75, 3.05) is 25.4 Å². The molecule has 0 unspecified atom stereocenters. The van der Waals surface area contributed by atoms with Gasteiger partial charge in [-0.25, -0.2) is 9.97 Å². The molecule has 9 nitrogen and oxygen atoms in total. The molecule has 0 radical (unpaired) electrons. The fourth-order valence-electron chi connectivity index (χ4n) is 3.65. The zero-order valence-corrected chi connectivity index (χ0v) is 18.1. The summed E-state index contributed by atoms with van der Waals surface area (Å²) in [5, 5.41) is 16.3. The molecule has 0 bridgehead atoms. The maximum Gasteiger partial charge on any atom is 0.248 e. The largest absolute Gasteiger partial charge is 0.457 e. The molecule has 1 fully saturated rings. The van der Waals surface area contributed by atoms with Gasteiger partial charge in [0, 0.05) is 18.7 Å². The minimum absolute atomic E-state index is 0.125. The van der Waals surface area contributed by atoms with Gasteiger partial charge in [-0.2, -0.15) is 5.10 Å². The number of nitrogens with zero attached hydrogens (tertiary/aromatic N) is 4. The number of carbonyl (C=O) groups excluding carboxylic acids is 1. The summed E-state index contributed by atoms with van der Waals surface area (Å²) in [4.78, 5) is 20.7. The number of rotatable bonds is 4. The van der Waals surface area contributed by atoms with Crippen molar-refractivity contribution >= 4 is 22.8 Å². The number of carbonyl (C=O) groups is 1. The maximum atomic E-state index is 10.8. The van der Waals surface area contributed by atoms with Crippen molar-refractivity contribution in [2.45, 2.75) is 19.3 Å². The first-order valence-electron chi connectivity index (χ1n) is 10.8. The van der Waals surface area contributed by atoms with E-state index in [1.807, 2.05) is 54.6 Å². The van der Waals surface area contributed by atoms with Crippen LogP contribution >= 0.6 is 0 Å². The van der Waals surface area contributed by atoms with Gasteiger partial charge in [0.25, 0.3) is 0 Å². The first-order chi connectivity index (χ1) is 16.2. The summed E-state index contributed by atoms with van der Waals surface area (Å²) < 4.78 is 5.79. The third-order valence-corrected chi connectivity index (χ3v) is 5.35. The average molecular weight is 447 g/mol. The van der Waals surface area contributed by atoms with E-state index in [1.165, 1.54) is 12.7 Å². The van der Waals surface area contributed by atoms with Crippen molar-refractivity contribution in [2.24, 2.45) is 0 Å². The molecule has 0 aliphatic carbocycles. The van der Waals surface area contributed by atoms with E-state index in [9.17, 15) is 4.79 Å². The number of ether oxygens (including phenoxy) is 1. The number of para-hydroxylation sites is 1. The third kappa shape index (κ3) is 5.45. The summed E-state index contributed by atoms with van der Waals surface area (Å²) in [6.45, 7) is 1.33. The summed E-state index contributed by atoms with van der Waals surface area (Å²) in [5.41, 5.74) is 8.22. The molecule has 0 saturated carbocycles. The van der Waals surface area contributed by atoms with E-state index in [-0.39, 0.29) is 12.5 Å². The zero-order chi connectivity index (χ0) is 23.0. The Morgan fingerprint density at radius 1 is 1.00 bits per heavy atom. The monoisotopic (exact) mass is 446 g/mol. The second kappa shape index (κ2) is 10.6. The van der Waals surface area contributed by atoms with Crippen LogP contribution in [-0.4, -0.2) is 55.8 Å². The van der Waals surface area contributed by atoms with Crippen LogP contribution in [0.3, 0.4) is 0 Å². The molecule has 1 amide bonds. The summed E-state index contributed by atoms with van der Waals surface area (Å²) in [6, 6.07) is 17.3. The number of fused-ring (bicyclic) bond motifs is 1. The molecule has 0 atom stereocenters. The van der Waals surface area contributed by atoms with Gasteiger partial charge in [-0.05, 0) is 55.7 Å². The topological polar surface area (TPSA) is 130 Å². The summed E-state index contributed by atoms with van der Waals surface area (Å²) in [7, 11) is 0. The van der Waals surface area contributed by atoms with Crippen molar-refractivity contribution in [1.29, 1.82) is 0 Å². The van der Waals surface area contributed by atoms with E-state index in [0.717, 1.165) is 54.1 Å². The number of nitrogens with two attached hydrogens (primary N) is 1. The van der Waals surface area contributed by atoms with Crippen LogP contribution < -0.4 is 10.5 Å². The van der Waals surface area contributed by atoms with Crippen LogP contribution in [0.15, 0.2) is 60.9 Å². The molecule has 33 heavy (non-hydrogen) atoms. The van der Waals surface area contributed by atoms with Crippen molar-refractivity contribution in [1.82, 2.24) is 25.1 Å². The molecule has 0 spiro atoms. The number of nitrogens with one attached hydrogen (secondary N) is 1. The van der Waals surface area contributed by atoms with E-state index in [1.54, 1.807) is 4.90 Å². The van der Waals surface area contributed by atoms with Gasteiger partial charge in [0.2, 0.25) is 5.91 Å². The molecule has 1 aliphatic heterocycles. The molecule has 3 heterocycles. The molecule has 1 aliphatic rings. The summed E-state index contributed by atoms with van der Waals surface area (Å²) >= 11 is 0. The average Bonchev–Trinajstić information content (AvgIpc) is 3.31. The molecule has 1 saturated heterocycles. The number of aliphatic hydroxyl groups is 1. The summed E-state index contributed by atoms with van der Waals surface area (Å²) in [5.74, 6) is 1.83. The van der Waals surface area contributed by atoms with Crippen molar-refractivity contribution in [3.8, 4) is 22.8 Å². The molecule has 2 aromatic carbocycles. The van der Waals surface area contributed by atoms with Crippen LogP contribution in [0.2, 0.25) is 0 Å². The van der Waals surface area contributed by atoms with Gasteiger partial charge in [0.05, 0.1) is 11.1 Å². The highest BCUT2D eigenvalue weighted by Gasteiger charge is 2.14. The molecular formula is C24H26N6O3. The highest BCUT2D eigenvalue weighted by Crippen LogP contribution is 2.30. The maximum absolute atomic E-state index is 10.8. The number of amides is 1. The van der Waals surface area contributed by atoms with E-state index < -0.39 is 0 Å². The van der Waals surface area contributed by atoms with Crippen LogP contribution in [0.5, 0.6) is 11.5 Å². The van der Waals surface area contributed by atoms with Crippen LogP contribution in [0, 0.1) is 0 Å². The number of piperidine rings is 1. The Morgan fingerprint density at radius 2 is 1.70 bits per heavy atom. The predicted octanol–water partition coefficient (Wildman–Crippen LogP) is 3.39. The molecular weight excluding hydrogens is 420 g/mol. The van der Waals surface area contributed by atoms with E-state index in [4.69, 9.17) is 15.6 Å². The van der Waals surface area contributed by atoms with E-state index in [0.29, 0.717) is 11.5 Å². The number of anilines is 1. The number of benzene rings is 2. The minimum Gasteiger partial charge on any atom is -0.457 e. The number of aromatic nitrogens is 4. The third-order valence-electron chi connectivity index (χ3n) is 5.35. The predicted molar refractivity (Wildman–Crippen MR) is 126 cm³/mol. The number of aliphatic hydroxyl groups excluding tert-OH is 1. The molecule has 2 aromatic heterocycles. The minimum atomic E-state index is -0.333. The first kappa shape index (κ1) is 22.2. The Balaban J connectivity index is 0.000000219. The second-order valence-corrected chi connectivity index (χ2v) is 7.60. The fourth-order valence-corrected chi connectivity index (χ4v) is 3.65. The first-order valence-corrected chi connectivity index (χ1v) is 10.8. The van der Waals surface area contributed by atoms with Gasteiger partial charge >= 0.3 is 0 Å². The zero-order valence-electron chi connectivity index (χ0n) is 18.1. The van der Waals surface area contributed by atoms with E-state index in [2.05, 4.69) is 20.2 Å². The Hall–Kier alpha value is -3.98. The van der Waals surface area contributed by atoms with Crippen LogP contribution in [0.4, 0.5) is 5.82 Å². The Labute approximate surface area is 191 Å². The van der Waals surface area contributed by atoms with Crippen LogP contribution in [-0.2, 0) is 4.79 Å². The Bertz CT molecular complexity index is 1190. The molecule has 9 heteroatoms. The highest BCUT2D eigenvalue weighted by atomic mass is 16.5. The Kier molecular flexibility index (Phi) is 7.11. The lowest BCUT2D eigenvalue weighted by Gasteiger charge is -2.25. The summed E-state index contributed by atoms with van der Waals surface area (Å²) in [6.07, 6.45) is 4.80. The molecule has 4 N–H and O–H groups in total. The SMILES string of the molecule is Nc1ncnc2n[nH]c(-c3ccc(Oc4ccccc4)cc3)c12.O=C(CO)N1CCCCC1. The Morgan fingerprint density at radius 3 is 2.39 bits per heavy atom. The van der Waals surface area contributed by atoms with Gasteiger partial charge in [0.15, 0.2) is 5.65 Å². The van der Waals surface area contributed by atoms with Gasteiger partial charge in [-0.15, -0.1) is 0 Å². The van der Waals surface area contributed by atoms with Gasteiger partial charge in [-0.3, -0.25) is 9.89 Å². The van der Waals surface area contributed by atoms with Crippen molar-refractivity contribution in [3.05, 3.63) is 60.9 Å². The fraction of sp³-hybridized carbons (Fsp3) is 0.250. The standard InChI is InChI=1S/C17H13N5O.C7H13NO2/c18-16-14-15(21-22-17(14)20-10-19-16)11-6-8-13(9-7-11)23-12-4-2-1-3-5-12;9-6-7(10)8-4-2-1-3-5-8/h1-10H,(H3,18,19,20,21,22);9H,1-6H2. The molecule has 5 rings (SSSR count). The van der Waals surface area contributed by atoms with Gasteiger partial charge in [0.1, 0.15) is 30.3 Å². The number of nitrogen functional groups attached to an aromatic ring is 1. The number of likely N-dealkylation sites (tertiary alicyclic amines) is 1. The number of hydrogen-bond donors (Lipinski definition) is 3. The van der Waals surface area contributed by atoms with E-state index >= 15 is 0 Å². The molecule has 4 aromatic rings. The van der Waals surface area contributed by atoms with Crippen molar-refractivity contribution in [3.63, 3.8) is 0 Å². The van der Waals surface area contributed by atoms with Gasteiger partial charge in [-0.1, -0.05) is 18.2 Å². The number of aromatic amines is 1. The lowest BCUT2D eigenvalue weighted by atomic mass is 10.1. The number of hydrogen-bond acceptors (Lipinski definition) is 7. The van der Waals surface area contributed by atoms with Gasteiger partial charge < -0.3 is 20.5 Å².